The summed E-state index contributed by atoms with van der Waals surface area (Å²) in [7, 11) is 0. The highest BCUT2D eigenvalue weighted by atomic mass is 35.5. The van der Waals surface area contributed by atoms with Crippen molar-refractivity contribution in [3.8, 4) is 10.6 Å². The summed E-state index contributed by atoms with van der Waals surface area (Å²) in [6.07, 6.45) is 4.45. The van der Waals surface area contributed by atoms with Gasteiger partial charge in [0.15, 0.2) is 0 Å². The molecule has 0 bridgehead atoms. The molecule has 3 heterocycles. The number of pyridine rings is 2. The molecule has 7 nitrogen and oxygen atoms in total. The van der Waals surface area contributed by atoms with E-state index >= 15 is 0 Å². The quantitative estimate of drug-likeness (QED) is 0.456. The molecule has 1 fully saturated rings. The van der Waals surface area contributed by atoms with Crippen LogP contribution in [0.5, 0.6) is 0 Å². The monoisotopic (exact) mass is 472 g/mol. The summed E-state index contributed by atoms with van der Waals surface area (Å²) in [5, 5.41) is 25.2. The Balaban J connectivity index is 1.55. The third-order valence-electron chi connectivity index (χ3n) is 6.04. The van der Waals surface area contributed by atoms with Gasteiger partial charge in [0.1, 0.15) is 22.2 Å². The number of thiazole rings is 1. The Hall–Kier alpha value is -2.55. The van der Waals surface area contributed by atoms with Crippen LogP contribution in [0.2, 0.25) is 5.02 Å². The van der Waals surface area contributed by atoms with Gasteiger partial charge in [-0.25, -0.2) is 15.0 Å². The van der Waals surface area contributed by atoms with Gasteiger partial charge in [0.25, 0.3) is 0 Å². The van der Waals surface area contributed by atoms with Crippen LogP contribution in [0.4, 0.5) is 11.6 Å². The van der Waals surface area contributed by atoms with Crippen molar-refractivity contribution in [2.45, 2.75) is 45.6 Å². The molecule has 0 saturated heterocycles. The first-order valence-corrected chi connectivity index (χ1v) is 11.5. The van der Waals surface area contributed by atoms with Crippen molar-refractivity contribution in [1.82, 2.24) is 15.0 Å². The van der Waals surface area contributed by atoms with E-state index in [0.29, 0.717) is 40.9 Å². The minimum absolute atomic E-state index is 0.348. The largest absolute Gasteiger partial charge is 0.481 e. The molecule has 0 aliphatic heterocycles. The molecule has 3 aromatic rings. The molecule has 3 aromatic heterocycles. The van der Waals surface area contributed by atoms with Gasteiger partial charge < -0.3 is 15.5 Å². The molecule has 4 rings (SSSR count). The summed E-state index contributed by atoms with van der Waals surface area (Å²) in [6.45, 7) is 5.70. The lowest BCUT2D eigenvalue weighted by molar-refractivity contribution is -0.154. The van der Waals surface area contributed by atoms with Gasteiger partial charge in [0.05, 0.1) is 21.5 Å². The highest BCUT2D eigenvalue weighted by Crippen LogP contribution is 2.50. The summed E-state index contributed by atoms with van der Waals surface area (Å²) >= 11 is 7.44. The Morgan fingerprint density at radius 3 is 2.72 bits per heavy atom. The lowest BCUT2D eigenvalue weighted by Gasteiger charge is -2.44. The summed E-state index contributed by atoms with van der Waals surface area (Å²) in [4.78, 5) is 25.8. The van der Waals surface area contributed by atoms with Crippen LogP contribution in [0, 0.1) is 18.3 Å². The van der Waals surface area contributed by atoms with Gasteiger partial charge in [-0.3, -0.25) is 4.79 Å². The predicted molar refractivity (Wildman–Crippen MR) is 125 cm³/mol. The van der Waals surface area contributed by atoms with Crippen LogP contribution in [0.1, 0.15) is 43.7 Å². The van der Waals surface area contributed by atoms with Crippen molar-refractivity contribution in [2.24, 2.45) is 11.3 Å². The van der Waals surface area contributed by atoms with E-state index in [1.165, 1.54) is 11.3 Å². The molecule has 9 heteroatoms. The molecule has 3 N–H and O–H groups in total. The summed E-state index contributed by atoms with van der Waals surface area (Å²) in [5.74, 6) is -0.00531. The van der Waals surface area contributed by atoms with Gasteiger partial charge in [0, 0.05) is 12.4 Å². The molecule has 168 valence electrons. The summed E-state index contributed by atoms with van der Waals surface area (Å²) < 4.78 is 0. The second kappa shape index (κ2) is 8.42. The maximum Gasteiger partial charge on any atom is 0.307 e. The fourth-order valence-electron chi connectivity index (χ4n) is 4.37. The number of aromatic nitrogens is 3. The second-order valence-corrected chi connectivity index (χ2v) is 10.4. The number of hydrogen-bond donors (Lipinski definition) is 3. The molecule has 1 aliphatic carbocycles. The van der Waals surface area contributed by atoms with E-state index in [2.05, 4.69) is 20.3 Å². The van der Waals surface area contributed by atoms with E-state index in [1.54, 1.807) is 12.4 Å². The van der Waals surface area contributed by atoms with Crippen molar-refractivity contribution in [2.75, 3.05) is 5.32 Å². The number of aliphatic hydroxyl groups is 1. The summed E-state index contributed by atoms with van der Waals surface area (Å²) in [5.41, 5.74) is -0.0251. The number of carboxylic acid groups (broad SMARTS) is 1. The molecule has 1 aliphatic rings. The summed E-state index contributed by atoms with van der Waals surface area (Å²) in [6, 6.07) is 7.48. The number of carboxylic acids is 1. The standard InChI is InChI=1S/C23H25ClN4O3S/c1-13-9-19(25-10-15(13)24)28-18-6-4-5-16(27-18)17-11-26-21(32-17)23(31)8-7-14(20(29)30)22(2,3)12-23/h4-6,9-11,14,31H,7-8,12H2,1-3H3,(H,29,30)(H,25,27,28)/t14-,23+/m0/s1. The van der Waals surface area contributed by atoms with Gasteiger partial charge in [-0.15, -0.1) is 11.3 Å². The molecule has 1 saturated carbocycles. The van der Waals surface area contributed by atoms with Gasteiger partial charge in [-0.1, -0.05) is 31.5 Å². The van der Waals surface area contributed by atoms with Gasteiger partial charge >= 0.3 is 5.97 Å². The zero-order valence-electron chi connectivity index (χ0n) is 18.1. The number of halogens is 1. The van der Waals surface area contributed by atoms with E-state index in [4.69, 9.17) is 11.6 Å². The zero-order valence-corrected chi connectivity index (χ0v) is 19.7. The smallest absolute Gasteiger partial charge is 0.307 e. The fourth-order valence-corrected chi connectivity index (χ4v) is 5.47. The number of nitrogens with zero attached hydrogens (tertiary/aromatic N) is 3. The molecule has 0 radical (unpaired) electrons. The lowest BCUT2D eigenvalue weighted by atomic mass is 9.63. The van der Waals surface area contributed by atoms with Crippen molar-refractivity contribution >= 4 is 40.5 Å². The number of aryl methyl sites for hydroxylation is 1. The molecular formula is C23H25ClN4O3S. The predicted octanol–water partition coefficient (Wildman–Crippen LogP) is 5.40. The van der Waals surface area contributed by atoms with Crippen LogP contribution in [-0.2, 0) is 10.4 Å². The molecule has 32 heavy (non-hydrogen) atoms. The first-order chi connectivity index (χ1) is 15.1. The molecule has 0 spiro atoms. The highest BCUT2D eigenvalue weighted by molar-refractivity contribution is 7.15. The molecule has 2 atom stereocenters. The highest BCUT2D eigenvalue weighted by Gasteiger charge is 2.49. The van der Waals surface area contributed by atoms with Crippen molar-refractivity contribution in [3.63, 3.8) is 0 Å². The van der Waals surface area contributed by atoms with E-state index in [1.807, 2.05) is 45.0 Å². The van der Waals surface area contributed by atoms with Crippen LogP contribution >= 0.6 is 22.9 Å². The van der Waals surface area contributed by atoms with E-state index < -0.39 is 22.9 Å². The minimum Gasteiger partial charge on any atom is -0.481 e. The maximum atomic E-state index is 11.6. The normalized spacial score (nSPS) is 22.5. The van der Waals surface area contributed by atoms with Crippen LogP contribution in [0.15, 0.2) is 36.7 Å². The van der Waals surface area contributed by atoms with E-state index in [9.17, 15) is 15.0 Å². The van der Waals surface area contributed by atoms with Crippen LogP contribution in [0.25, 0.3) is 10.6 Å². The average molecular weight is 473 g/mol. The topological polar surface area (TPSA) is 108 Å². The number of carbonyl (C=O) groups is 1. The van der Waals surface area contributed by atoms with Crippen LogP contribution in [0.3, 0.4) is 0 Å². The maximum absolute atomic E-state index is 11.6. The van der Waals surface area contributed by atoms with E-state index in [0.717, 1.165) is 16.1 Å². The minimum atomic E-state index is -1.14. The molecule has 0 unspecified atom stereocenters. The Labute approximate surface area is 195 Å². The van der Waals surface area contributed by atoms with E-state index in [-0.39, 0.29) is 0 Å². The SMILES string of the molecule is Cc1cc(Nc2cccc(-c3cnc([C@@]4(O)CC[C@@H](C(=O)O)C(C)(C)C4)s3)n2)ncc1Cl. The Morgan fingerprint density at radius 1 is 1.25 bits per heavy atom. The number of anilines is 2. The van der Waals surface area contributed by atoms with Crippen LogP contribution in [-0.4, -0.2) is 31.1 Å². The van der Waals surface area contributed by atoms with Gasteiger partial charge in [-0.05, 0) is 55.4 Å². The number of rotatable bonds is 5. The fraction of sp³-hybridized carbons (Fsp3) is 0.391. The second-order valence-electron chi connectivity index (χ2n) is 9.01. The van der Waals surface area contributed by atoms with Crippen molar-refractivity contribution < 1.29 is 15.0 Å². The number of nitrogens with one attached hydrogen (secondary N) is 1. The van der Waals surface area contributed by atoms with Gasteiger partial charge in [-0.2, -0.15) is 0 Å². The van der Waals surface area contributed by atoms with Gasteiger partial charge in [0.2, 0.25) is 0 Å². The lowest BCUT2D eigenvalue weighted by Crippen LogP contribution is -2.44. The third kappa shape index (κ3) is 4.48. The van der Waals surface area contributed by atoms with Crippen molar-refractivity contribution in [3.05, 3.63) is 52.3 Å². The first kappa shape index (κ1) is 22.6. The molecule has 0 amide bonds. The first-order valence-electron chi connectivity index (χ1n) is 10.4. The zero-order chi connectivity index (χ0) is 23.1. The molecular weight excluding hydrogens is 448 g/mol. The Bertz CT molecular complexity index is 1170. The molecule has 0 aromatic carbocycles. The van der Waals surface area contributed by atoms with Crippen molar-refractivity contribution in [1.29, 1.82) is 0 Å². The Kier molecular flexibility index (Phi) is 5.96. The third-order valence-corrected chi connectivity index (χ3v) is 7.65. The van der Waals surface area contributed by atoms with Crippen LogP contribution < -0.4 is 5.32 Å². The number of hydrogen-bond acceptors (Lipinski definition) is 7. The Morgan fingerprint density at radius 2 is 2.03 bits per heavy atom. The average Bonchev–Trinajstić information content (AvgIpc) is 3.21. The number of aliphatic carboxylic acids is 1.